The van der Waals surface area contributed by atoms with Crippen molar-refractivity contribution in [2.45, 2.75) is 11.8 Å². The summed E-state index contributed by atoms with van der Waals surface area (Å²) < 4.78 is 42.7. The number of methoxy groups -OCH3 is 1. The van der Waals surface area contributed by atoms with Crippen molar-refractivity contribution < 1.29 is 28.1 Å². The fourth-order valence-electron chi connectivity index (χ4n) is 1.33. The van der Waals surface area contributed by atoms with E-state index >= 15 is 0 Å². The minimum Gasteiger partial charge on any atom is -0.504 e. The van der Waals surface area contributed by atoms with E-state index in [1.54, 1.807) is 0 Å². The maximum absolute atomic E-state index is 12.7. The molecule has 0 bridgehead atoms. The minimum absolute atomic E-state index is 0.168. The van der Waals surface area contributed by atoms with Crippen LogP contribution in [0.2, 0.25) is 0 Å². The van der Waals surface area contributed by atoms with E-state index in [4.69, 9.17) is 5.73 Å². The zero-order chi connectivity index (χ0) is 13.3. The Kier molecular flexibility index (Phi) is 3.53. The van der Waals surface area contributed by atoms with Crippen molar-refractivity contribution in [1.82, 2.24) is 0 Å². The Labute approximate surface area is 95.4 Å². The maximum Gasteiger partial charge on any atom is 0.422 e. The highest BCUT2D eigenvalue weighted by Gasteiger charge is 2.54. The number of halogens is 3. The summed E-state index contributed by atoms with van der Waals surface area (Å²) in [5.74, 6) is -0.489. The molecule has 0 heterocycles. The molecule has 96 valence electrons. The third-order valence-corrected chi connectivity index (χ3v) is 2.42. The lowest BCUT2D eigenvalue weighted by atomic mass is 9.93. The summed E-state index contributed by atoms with van der Waals surface area (Å²) in [4.78, 5) is 0. The highest BCUT2D eigenvalue weighted by atomic mass is 19.4. The van der Waals surface area contributed by atoms with Gasteiger partial charge in [0.25, 0.3) is 0 Å². The highest BCUT2D eigenvalue weighted by molar-refractivity contribution is 5.44. The Hall–Kier alpha value is -1.47. The molecule has 0 radical (unpaired) electrons. The van der Waals surface area contributed by atoms with Crippen molar-refractivity contribution in [2.75, 3.05) is 13.7 Å². The molecule has 4 nitrogen and oxygen atoms in total. The summed E-state index contributed by atoms with van der Waals surface area (Å²) in [5.41, 5.74) is 1.34. The first-order chi connectivity index (χ1) is 7.76. The van der Waals surface area contributed by atoms with Gasteiger partial charge in [0.15, 0.2) is 17.1 Å². The normalized spacial score (nSPS) is 15.4. The molecule has 0 aromatic heterocycles. The largest absolute Gasteiger partial charge is 0.504 e. The molecule has 0 fully saturated rings. The second-order valence-electron chi connectivity index (χ2n) is 3.45. The van der Waals surface area contributed by atoms with E-state index in [9.17, 15) is 23.4 Å². The molecule has 7 heteroatoms. The number of benzene rings is 1. The molecule has 1 aromatic carbocycles. The van der Waals surface area contributed by atoms with Crippen LogP contribution in [0.25, 0.3) is 0 Å². The fourth-order valence-corrected chi connectivity index (χ4v) is 1.33. The zero-order valence-corrected chi connectivity index (χ0v) is 8.95. The van der Waals surface area contributed by atoms with Crippen LogP contribution in [0.3, 0.4) is 0 Å². The van der Waals surface area contributed by atoms with Crippen LogP contribution < -0.4 is 10.5 Å². The van der Waals surface area contributed by atoms with Gasteiger partial charge >= 0.3 is 6.18 Å². The van der Waals surface area contributed by atoms with Crippen molar-refractivity contribution in [3.8, 4) is 11.5 Å². The predicted octanol–water partition coefficient (Wildman–Crippen LogP) is 1.11. The number of aromatic hydroxyl groups is 1. The summed E-state index contributed by atoms with van der Waals surface area (Å²) in [7, 11) is 1.19. The van der Waals surface area contributed by atoms with Gasteiger partial charge in [-0.05, 0) is 17.7 Å². The van der Waals surface area contributed by atoms with Crippen molar-refractivity contribution in [3.05, 3.63) is 23.8 Å². The average molecular weight is 251 g/mol. The van der Waals surface area contributed by atoms with Gasteiger partial charge in [-0.15, -0.1) is 0 Å². The van der Waals surface area contributed by atoms with Gasteiger partial charge in [0.1, 0.15) is 0 Å². The first-order valence-electron chi connectivity index (χ1n) is 4.63. The van der Waals surface area contributed by atoms with Crippen LogP contribution in [0.15, 0.2) is 18.2 Å². The number of phenolic OH excluding ortho intramolecular Hbond substituents is 1. The first kappa shape index (κ1) is 13.6. The lowest BCUT2D eigenvalue weighted by Crippen LogP contribution is -2.48. The number of alkyl halides is 3. The number of nitrogens with two attached hydrogens (primary N) is 1. The van der Waals surface area contributed by atoms with Crippen molar-refractivity contribution >= 4 is 0 Å². The van der Waals surface area contributed by atoms with Gasteiger partial charge in [0.05, 0.1) is 7.11 Å². The van der Waals surface area contributed by atoms with Gasteiger partial charge in [-0.2, -0.15) is 13.2 Å². The lowest BCUT2D eigenvalue weighted by Gasteiger charge is -2.29. The Balaban J connectivity index is 3.31. The van der Waals surface area contributed by atoms with Crippen LogP contribution in [-0.4, -0.2) is 30.0 Å². The second-order valence-corrected chi connectivity index (χ2v) is 3.45. The smallest absolute Gasteiger partial charge is 0.422 e. The third-order valence-electron chi connectivity index (χ3n) is 2.42. The van der Waals surface area contributed by atoms with E-state index in [1.165, 1.54) is 7.11 Å². The molecule has 0 spiro atoms. The van der Waals surface area contributed by atoms with Crippen LogP contribution in [0.4, 0.5) is 13.2 Å². The molecule has 1 atom stereocenters. The van der Waals surface area contributed by atoms with Crippen LogP contribution in [0.1, 0.15) is 5.56 Å². The van der Waals surface area contributed by atoms with Gasteiger partial charge in [0.2, 0.25) is 0 Å². The van der Waals surface area contributed by atoms with Gasteiger partial charge in [0, 0.05) is 6.54 Å². The Morgan fingerprint density at radius 3 is 2.35 bits per heavy atom. The Morgan fingerprint density at radius 2 is 1.94 bits per heavy atom. The first-order valence-corrected chi connectivity index (χ1v) is 4.63. The van der Waals surface area contributed by atoms with E-state index in [1.807, 2.05) is 0 Å². The summed E-state index contributed by atoms with van der Waals surface area (Å²) >= 11 is 0. The van der Waals surface area contributed by atoms with Gasteiger partial charge in [-0.3, -0.25) is 0 Å². The molecule has 0 aliphatic rings. The van der Waals surface area contributed by atoms with Crippen molar-refractivity contribution in [3.63, 3.8) is 0 Å². The van der Waals surface area contributed by atoms with E-state index in [0.29, 0.717) is 0 Å². The Bertz CT molecular complexity index is 408. The predicted molar refractivity (Wildman–Crippen MR) is 53.7 cm³/mol. The molecular weight excluding hydrogens is 239 g/mol. The highest BCUT2D eigenvalue weighted by Crippen LogP contribution is 2.40. The molecule has 1 rings (SSSR count). The summed E-state index contributed by atoms with van der Waals surface area (Å²) in [6.07, 6.45) is -4.91. The SMILES string of the molecule is COc1cc(C(O)(CN)C(F)(F)F)ccc1O. The van der Waals surface area contributed by atoms with E-state index < -0.39 is 23.9 Å². The summed E-state index contributed by atoms with van der Waals surface area (Å²) in [6.45, 7) is -1.02. The molecule has 1 unspecified atom stereocenters. The van der Waals surface area contributed by atoms with E-state index in [0.717, 1.165) is 18.2 Å². The number of hydrogen-bond acceptors (Lipinski definition) is 4. The van der Waals surface area contributed by atoms with Crippen molar-refractivity contribution in [2.24, 2.45) is 5.73 Å². The quantitative estimate of drug-likeness (QED) is 0.752. The van der Waals surface area contributed by atoms with Crippen molar-refractivity contribution in [1.29, 1.82) is 0 Å². The van der Waals surface area contributed by atoms with Gasteiger partial charge in [-0.1, -0.05) is 6.07 Å². The molecule has 17 heavy (non-hydrogen) atoms. The molecule has 0 aliphatic heterocycles. The summed E-state index contributed by atoms with van der Waals surface area (Å²) in [5, 5.41) is 18.8. The molecule has 0 saturated heterocycles. The lowest BCUT2D eigenvalue weighted by molar-refractivity contribution is -0.262. The number of ether oxygens (including phenoxy) is 1. The standard InChI is InChI=1S/C10H12F3NO3/c1-17-8-4-6(2-3-7(8)15)9(16,5-14)10(11,12)13/h2-4,15-16H,5,14H2,1H3. The van der Waals surface area contributed by atoms with Crippen LogP contribution >= 0.6 is 0 Å². The third kappa shape index (κ3) is 2.29. The average Bonchev–Trinajstić information content (AvgIpc) is 2.27. The summed E-state index contributed by atoms with van der Waals surface area (Å²) in [6, 6.07) is 2.84. The Morgan fingerprint density at radius 1 is 1.35 bits per heavy atom. The fraction of sp³-hybridized carbons (Fsp3) is 0.400. The monoisotopic (exact) mass is 251 g/mol. The van der Waals surface area contributed by atoms with Gasteiger partial charge in [-0.25, -0.2) is 0 Å². The van der Waals surface area contributed by atoms with Gasteiger partial charge < -0.3 is 20.7 Å². The molecule has 1 aromatic rings. The molecule has 0 amide bonds. The minimum atomic E-state index is -4.91. The second kappa shape index (κ2) is 4.42. The van der Waals surface area contributed by atoms with Crippen LogP contribution in [-0.2, 0) is 5.60 Å². The molecule has 0 aliphatic carbocycles. The topological polar surface area (TPSA) is 75.7 Å². The van der Waals surface area contributed by atoms with E-state index in [2.05, 4.69) is 4.74 Å². The number of hydrogen-bond donors (Lipinski definition) is 3. The number of phenols is 1. The van der Waals surface area contributed by atoms with Crippen LogP contribution in [0.5, 0.6) is 11.5 Å². The number of aliphatic hydroxyl groups is 1. The van der Waals surface area contributed by atoms with Crippen LogP contribution in [0, 0.1) is 0 Å². The molecular formula is C10H12F3NO3. The molecule has 0 saturated carbocycles. The maximum atomic E-state index is 12.7. The van der Waals surface area contributed by atoms with E-state index in [-0.39, 0.29) is 11.5 Å². The zero-order valence-electron chi connectivity index (χ0n) is 8.95. The number of rotatable bonds is 3. The molecule has 4 N–H and O–H groups in total.